The summed E-state index contributed by atoms with van der Waals surface area (Å²) in [6.45, 7) is 4.25. The van der Waals surface area contributed by atoms with Crippen molar-refractivity contribution >= 4 is 27.5 Å². The van der Waals surface area contributed by atoms with Gasteiger partial charge in [0.15, 0.2) is 10.5 Å². The number of hydrogen-bond acceptors (Lipinski definition) is 3. The van der Waals surface area contributed by atoms with E-state index in [-0.39, 0.29) is 5.91 Å². The van der Waals surface area contributed by atoms with Crippen LogP contribution in [0.2, 0.25) is 0 Å². The van der Waals surface area contributed by atoms with Crippen LogP contribution in [0.25, 0.3) is 10.2 Å². The molecule has 0 bridgehead atoms. The first-order chi connectivity index (χ1) is 11.0. The van der Waals surface area contributed by atoms with Crippen LogP contribution in [0.4, 0.5) is 0 Å². The Kier molecular flexibility index (Phi) is 3.89. The summed E-state index contributed by atoms with van der Waals surface area (Å²) in [5.41, 5.74) is 3.32. The molecule has 1 amide bonds. The van der Waals surface area contributed by atoms with Crippen LogP contribution in [-0.4, -0.2) is 20.3 Å². The fourth-order valence-electron chi connectivity index (χ4n) is 2.47. The van der Waals surface area contributed by atoms with Gasteiger partial charge in [0, 0.05) is 18.8 Å². The van der Waals surface area contributed by atoms with Crippen LogP contribution in [0.5, 0.6) is 0 Å². The van der Waals surface area contributed by atoms with Gasteiger partial charge in [0.25, 0.3) is 5.91 Å². The van der Waals surface area contributed by atoms with Crippen molar-refractivity contribution in [3.63, 3.8) is 0 Å². The molecule has 0 aliphatic heterocycles. The maximum atomic E-state index is 12.4. The van der Waals surface area contributed by atoms with Crippen LogP contribution in [-0.2, 0) is 13.6 Å². The van der Waals surface area contributed by atoms with E-state index in [2.05, 4.69) is 22.1 Å². The molecule has 0 spiro atoms. The van der Waals surface area contributed by atoms with Crippen LogP contribution in [0.1, 0.15) is 21.6 Å². The lowest BCUT2D eigenvalue weighted by atomic mass is 10.2. The highest BCUT2D eigenvalue weighted by molar-refractivity contribution is 7.16. The molecule has 3 aromatic rings. The minimum atomic E-state index is -0.350. The van der Waals surface area contributed by atoms with Gasteiger partial charge in [0.1, 0.15) is 0 Å². The molecule has 3 rings (SSSR count). The molecule has 0 aliphatic rings. The number of rotatable bonds is 2. The largest absolute Gasteiger partial charge is 0.305 e. The van der Waals surface area contributed by atoms with Crippen LogP contribution in [0.3, 0.4) is 0 Å². The van der Waals surface area contributed by atoms with E-state index in [4.69, 9.17) is 6.42 Å². The smallest absolute Gasteiger partial charge is 0.300 e. The molecular formula is C17H16N4OS. The molecule has 0 radical (unpaired) electrons. The Balaban J connectivity index is 2.18. The van der Waals surface area contributed by atoms with Gasteiger partial charge in [0.05, 0.1) is 16.8 Å². The average Bonchev–Trinajstić information content (AvgIpc) is 2.99. The van der Waals surface area contributed by atoms with E-state index in [1.54, 1.807) is 17.9 Å². The Morgan fingerprint density at radius 3 is 2.87 bits per heavy atom. The summed E-state index contributed by atoms with van der Waals surface area (Å²) < 4.78 is 4.56. The lowest BCUT2D eigenvalue weighted by Gasteiger charge is -1.99. The Bertz CT molecular complexity index is 1010. The van der Waals surface area contributed by atoms with Gasteiger partial charge in [-0.1, -0.05) is 23.3 Å². The third-order valence-electron chi connectivity index (χ3n) is 3.50. The predicted octanol–water partition coefficient (Wildman–Crippen LogP) is 2.43. The van der Waals surface area contributed by atoms with Crippen molar-refractivity contribution in [1.29, 1.82) is 0 Å². The van der Waals surface area contributed by atoms with Crippen molar-refractivity contribution < 1.29 is 4.79 Å². The quantitative estimate of drug-likeness (QED) is 0.680. The molecule has 0 atom stereocenters. The minimum absolute atomic E-state index is 0.350. The van der Waals surface area contributed by atoms with Gasteiger partial charge in [0.2, 0.25) is 0 Å². The van der Waals surface area contributed by atoms with Gasteiger partial charge in [-0.25, -0.2) is 0 Å². The van der Waals surface area contributed by atoms with Crippen molar-refractivity contribution in [2.45, 2.75) is 20.4 Å². The monoisotopic (exact) mass is 324 g/mol. The second-order valence-corrected chi connectivity index (χ2v) is 6.41. The molecule has 23 heavy (non-hydrogen) atoms. The summed E-state index contributed by atoms with van der Waals surface area (Å²) in [5.74, 6) is 2.27. The fraction of sp³-hybridized carbons (Fsp3) is 0.235. The molecule has 5 nitrogen and oxygen atoms in total. The Hall–Kier alpha value is -2.65. The summed E-state index contributed by atoms with van der Waals surface area (Å²) in [6.07, 6.45) is 7.27. The number of amides is 1. The number of thiazole rings is 1. The maximum absolute atomic E-state index is 12.4. The lowest BCUT2D eigenvalue weighted by Crippen LogP contribution is -2.17. The third-order valence-corrected chi connectivity index (χ3v) is 4.54. The fourth-order valence-corrected chi connectivity index (χ4v) is 3.59. The Morgan fingerprint density at radius 2 is 2.22 bits per heavy atom. The highest BCUT2D eigenvalue weighted by Crippen LogP contribution is 2.19. The number of benzene rings is 1. The minimum Gasteiger partial charge on any atom is -0.305 e. The van der Waals surface area contributed by atoms with Gasteiger partial charge in [-0.2, -0.15) is 10.1 Å². The summed E-state index contributed by atoms with van der Waals surface area (Å²) >= 11 is 1.46. The van der Waals surface area contributed by atoms with Crippen molar-refractivity contribution in [2.24, 2.45) is 12.0 Å². The summed E-state index contributed by atoms with van der Waals surface area (Å²) in [6, 6.07) is 6.10. The van der Waals surface area contributed by atoms with E-state index in [0.717, 1.165) is 21.3 Å². The van der Waals surface area contributed by atoms with Gasteiger partial charge >= 0.3 is 0 Å². The maximum Gasteiger partial charge on any atom is 0.300 e. The lowest BCUT2D eigenvalue weighted by molar-refractivity contribution is 0.0992. The van der Waals surface area contributed by atoms with Crippen LogP contribution < -0.4 is 4.80 Å². The van der Waals surface area contributed by atoms with Crippen LogP contribution >= 0.6 is 11.3 Å². The zero-order chi connectivity index (χ0) is 16.6. The molecular weight excluding hydrogens is 308 g/mol. The summed E-state index contributed by atoms with van der Waals surface area (Å²) in [4.78, 5) is 17.3. The number of carbonyl (C=O) groups is 1. The highest BCUT2D eigenvalue weighted by Gasteiger charge is 2.14. The van der Waals surface area contributed by atoms with Gasteiger partial charge in [-0.05, 0) is 31.5 Å². The summed E-state index contributed by atoms with van der Waals surface area (Å²) in [7, 11) is 1.78. The molecule has 0 fully saturated rings. The van der Waals surface area contributed by atoms with Crippen molar-refractivity contribution in [3.8, 4) is 12.3 Å². The van der Waals surface area contributed by atoms with E-state index in [9.17, 15) is 4.79 Å². The number of fused-ring (bicyclic) bond motifs is 1. The number of aromatic nitrogens is 3. The number of terminal acetylenes is 1. The number of carbonyl (C=O) groups excluding carboxylic acids is 1. The van der Waals surface area contributed by atoms with E-state index >= 15 is 0 Å². The predicted molar refractivity (Wildman–Crippen MR) is 91.2 cm³/mol. The molecule has 0 unspecified atom stereocenters. The van der Waals surface area contributed by atoms with Crippen LogP contribution in [0.15, 0.2) is 29.4 Å². The normalized spacial score (nSPS) is 11.8. The van der Waals surface area contributed by atoms with E-state index in [1.165, 1.54) is 11.3 Å². The molecule has 0 aliphatic carbocycles. The first kappa shape index (κ1) is 15.3. The molecule has 2 heterocycles. The molecule has 6 heteroatoms. The standard InChI is InChI=1S/C17H16N4OS/c1-5-8-21-13-7-6-11(2)9-14(13)23-17(21)18-16(22)15-12(3)10-20(4)19-15/h1,6-7,9-10H,8H2,2-4H3. The SMILES string of the molecule is C#CCn1c(=NC(=O)c2nn(C)cc2C)sc2cc(C)ccc21. The van der Waals surface area contributed by atoms with Crippen molar-refractivity contribution in [2.75, 3.05) is 0 Å². The third kappa shape index (κ3) is 2.83. The number of nitrogens with zero attached hydrogens (tertiary/aromatic N) is 4. The summed E-state index contributed by atoms with van der Waals surface area (Å²) in [5, 5.41) is 4.18. The van der Waals surface area contributed by atoms with Crippen molar-refractivity contribution in [3.05, 3.63) is 46.0 Å². The first-order valence-corrected chi connectivity index (χ1v) is 7.94. The zero-order valence-electron chi connectivity index (χ0n) is 13.2. The van der Waals surface area contributed by atoms with Gasteiger partial charge in [-0.15, -0.1) is 6.42 Å². The van der Waals surface area contributed by atoms with E-state index in [0.29, 0.717) is 17.0 Å². The molecule has 0 N–H and O–H groups in total. The Labute approximate surface area is 137 Å². The topological polar surface area (TPSA) is 52.2 Å². The van der Waals surface area contributed by atoms with Crippen molar-refractivity contribution in [1.82, 2.24) is 14.3 Å². The highest BCUT2D eigenvalue weighted by atomic mass is 32.1. The molecule has 116 valence electrons. The van der Waals surface area contributed by atoms with Crippen LogP contribution in [0, 0.1) is 26.2 Å². The van der Waals surface area contributed by atoms with E-state index < -0.39 is 0 Å². The first-order valence-electron chi connectivity index (χ1n) is 7.12. The molecule has 1 aromatic carbocycles. The van der Waals surface area contributed by atoms with Gasteiger partial charge in [-0.3, -0.25) is 9.48 Å². The number of aryl methyl sites for hydroxylation is 3. The Morgan fingerprint density at radius 1 is 1.43 bits per heavy atom. The molecule has 0 saturated heterocycles. The molecule has 0 saturated carbocycles. The number of hydrogen-bond donors (Lipinski definition) is 0. The van der Waals surface area contributed by atoms with E-state index in [1.807, 2.05) is 30.5 Å². The molecule has 2 aromatic heterocycles. The van der Waals surface area contributed by atoms with Gasteiger partial charge < -0.3 is 4.57 Å². The zero-order valence-corrected chi connectivity index (χ0v) is 14.0. The average molecular weight is 324 g/mol. The second-order valence-electron chi connectivity index (χ2n) is 5.40. The second kappa shape index (κ2) is 5.86.